The van der Waals surface area contributed by atoms with E-state index < -0.39 is 5.91 Å². The number of hydrogen-bond donors (Lipinski definition) is 5. The maximum absolute atomic E-state index is 12.1. The lowest BCUT2D eigenvalue weighted by Crippen LogP contribution is -2.29. The molecule has 0 spiro atoms. The summed E-state index contributed by atoms with van der Waals surface area (Å²) >= 11 is 13.6. The van der Waals surface area contributed by atoms with Gasteiger partial charge in [0.15, 0.2) is 6.29 Å². The molecule has 0 bridgehead atoms. The Bertz CT molecular complexity index is 3090. The quantitative estimate of drug-likeness (QED) is 0.0276. The number of aliphatic hydroxyl groups excluding tert-OH is 4. The molecule has 9 rings (SSSR count). The average molecular weight is 1040 g/mol. The van der Waals surface area contributed by atoms with Crippen LogP contribution >= 0.6 is 84.0 Å². The number of halogens is 1. The first-order chi connectivity index (χ1) is 31.2. The van der Waals surface area contributed by atoms with Crippen LogP contribution in [0.15, 0.2) is 88.3 Å². The van der Waals surface area contributed by atoms with Crippen LogP contribution < -0.4 is 15.1 Å². The first-order valence-corrected chi connectivity index (χ1v) is 25.7. The zero-order valence-corrected chi connectivity index (χ0v) is 40.9. The van der Waals surface area contributed by atoms with Gasteiger partial charge in [-0.2, -0.15) is 0 Å². The van der Waals surface area contributed by atoms with Gasteiger partial charge in [0.2, 0.25) is 5.91 Å². The van der Waals surface area contributed by atoms with Gasteiger partial charge < -0.3 is 40.3 Å². The van der Waals surface area contributed by atoms with Gasteiger partial charge in [-0.05, 0) is 72.1 Å². The number of aldehydes is 1. The smallest absolute Gasteiger partial charge is 0.251 e. The summed E-state index contributed by atoms with van der Waals surface area (Å²) in [6.07, 6.45) is 2.51. The van der Waals surface area contributed by atoms with Crippen molar-refractivity contribution in [3.8, 4) is 0 Å². The molecule has 332 valence electrons. The summed E-state index contributed by atoms with van der Waals surface area (Å²) in [5, 5.41) is 45.2. The van der Waals surface area contributed by atoms with Gasteiger partial charge in [0.25, 0.3) is 5.70 Å². The monoisotopic (exact) mass is 1030 g/mol. The van der Waals surface area contributed by atoms with Gasteiger partial charge in [0.1, 0.15) is 0 Å². The van der Waals surface area contributed by atoms with Crippen LogP contribution in [-0.4, -0.2) is 105 Å². The van der Waals surface area contributed by atoms with E-state index >= 15 is 0 Å². The first kappa shape index (κ1) is 47.6. The fourth-order valence-electron chi connectivity index (χ4n) is 6.96. The van der Waals surface area contributed by atoms with Crippen LogP contribution in [0.1, 0.15) is 14.5 Å². The van der Waals surface area contributed by atoms with Crippen molar-refractivity contribution >= 4 is 172 Å². The minimum atomic E-state index is -0.402. The van der Waals surface area contributed by atoms with Gasteiger partial charge >= 0.3 is 0 Å². The second-order valence-corrected chi connectivity index (χ2v) is 21.2. The third-order valence-corrected chi connectivity index (χ3v) is 17.3. The topological polar surface area (TPSA) is 147 Å². The molecule has 6 aromatic heterocycles. The molecule has 0 unspecified atom stereocenters. The van der Waals surface area contributed by atoms with Crippen molar-refractivity contribution in [3.63, 3.8) is 0 Å². The Morgan fingerprint density at radius 1 is 0.688 bits per heavy atom. The van der Waals surface area contributed by atoms with Crippen molar-refractivity contribution in [2.75, 3.05) is 82.7 Å². The summed E-state index contributed by atoms with van der Waals surface area (Å²) in [6, 6.07) is 24.8. The van der Waals surface area contributed by atoms with Crippen molar-refractivity contribution in [1.82, 2.24) is 5.32 Å². The van der Waals surface area contributed by atoms with E-state index in [1.54, 1.807) is 47.2 Å². The van der Waals surface area contributed by atoms with Crippen LogP contribution in [0.4, 0.5) is 11.4 Å². The Labute approximate surface area is 401 Å². The zero-order chi connectivity index (χ0) is 45.2. The number of anilines is 2. The SMILES string of the molecule is Brc1ccc2sc3ccsc3c2c1.O=Cc1cc2sc3cc(N(CCO)CCO)ccc3c2s1.[C-]#[N+]/C(=C\c1cc2sc3cc(N(CCO)CCO)ccc3c2s1)C(=O)NCCOC. The Morgan fingerprint density at radius 2 is 1.25 bits per heavy atom. The predicted octanol–water partition coefficient (Wildman–Crippen LogP) is 10.5. The van der Waals surface area contributed by atoms with Crippen LogP contribution in [0, 0.1) is 6.57 Å². The van der Waals surface area contributed by atoms with Crippen molar-refractivity contribution < 1.29 is 34.8 Å². The molecule has 64 heavy (non-hydrogen) atoms. The molecule has 0 radical (unpaired) electrons. The Morgan fingerprint density at radius 3 is 1.80 bits per heavy atom. The van der Waals surface area contributed by atoms with Crippen LogP contribution in [0.5, 0.6) is 0 Å². The molecule has 1 amide bonds. The number of thiophene rings is 6. The molecular weight excluding hydrogens is 993 g/mol. The summed E-state index contributed by atoms with van der Waals surface area (Å²) < 4.78 is 17.0. The van der Waals surface area contributed by atoms with Gasteiger partial charge in [-0.1, -0.05) is 28.1 Å². The van der Waals surface area contributed by atoms with E-state index in [0.717, 1.165) is 70.9 Å². The predicted molar refractivity (Wildman–Crippen MR) is 277 cm³/mol. The second kappa shape index (κ2) is 22.7. The van der Waals surface area contributed by atoms with Crippen molar-refractivity contribution in [2.24, 2.45) is 0 Å². The Hall–Kier alpha value is -4.33. The number of ether oxygens (including phenoxy) is 1. The molecule has 11 nitrogen and oxygen atoms in total. The molecule has 0 aliphatic rings. The van der Waals surface area contributed by atoms with E-state index in [1.807, 2.05) is 62.8 Å². The summed E-state index contributed by atoms with van der Waals surface area (Å²) in [4.78, 5) is 31.9. The van der Waals surface area contributed by atoms with E-state index in [2.05, 4.69) is 73.9 Å². The third kappa shape index (κ3) is 11.0. The molecule has 5 N–H and O–H groups in total. The highest BCUT2D eigenvalue weighted by molar-refractivity contribution is 9.10. The summed E-state index contributed by atoms with van der Waals surface area (Å²) in [7, 11) is 1.56. The highest BCUT2D eigenvalue weighted by atomic mass is 79.9. The molecule has 6 heterocycles. The van der Waals surface area contributed by atoms with E-state index in [-0.39, 0.29) is 32.1 Å². The number of aliphatic hydroxyl groups is 4. The fourth-order valence-corrected chi connectivity index (χ4v) is 14.4. The summed E-state index contributed by atoms with van der Waals surface area (Å²) in [6.45, 7) is 10.2. The number of benzene rings is 3. The number of methoxy groups -OCH3 is 1. The van der Waals surface area contributed by atoms with Gasteiger partial charge in [-0.25, -0.2) is 4.85 Å². The largest absolute Gasteiger partial charge is 0.395 e. The van der Waals surface area contributed by atoms with E-state index in [9.17, 15) is 19.8 Å². The maximum atomic E-state index is 12.1. The minimum absolute atomic E-state index is 0.0235. The molecule has 0 aliphatic heterocycles. The maximum Gasteiger partial charge on any atom is 0.251 e. The van der Waals surface area contributed by atoms with Crippen LogP contribution in [0.3, 0.4) is 0 Å². The fraction of sp³-hybridized carbons (Fsp3) is 0.239. The second-order valence-electron chi connectivity index (χ2n) is 14.0. The van der Waals surface area contributed by atoms with Gasteiger partial charge in [-0.3, -0.25) is 9.59 Å². The number of carbonyl (C=O) groups is 2. The average Bonchev–Trinajstić information content (AvgIpc) is 4.16. The minimum Gasteiger partial charge on any atom is -0.395 e. The number of rotatable bonds is 16. The number of amides is 1. The summed E-state index contributed by atoms with van der Waals surface area (Å²) in [5.41, 5.74) is 2.01. The molecular formula is C46H43BrN4O7S6. The zero-order valence-electron chi connectivity index (χ0n) is 34.4. The van der Waals surface area contributed by atoms with E-state index in [0.29, 0.717) is 39.3 Å². The molecule has 0 atom stereocenters. The van der Waals surface area contributed by atoms with E-state index in [1.165, 1.54) is 30.8 Å². The third-order valence-electron chi connectivity index (χ3n) is 9.88. The molecule has 0 saturated carbocycles. The molecule has 18 heteroatoms. The number of carbonyl (C=O) groups excluding carboxylic acids is 2. The number of nitrogens with one attached hydrogen (secondary N) is 1. The van der Waals surface area contributed by atoms with Crippen molar-refractivity contribution in [2.45, 2.75) is 0 Å². The highest BCUT2D eigenvalue weighted by Gasteiger charge is 2.16. The number of hydrogen-bond acceptors (Lipinski definition) is 15. The Kier molecular flexibility index (Phi) is 16.9. The lowest BCUT2D eigenvalue weighted by Gasteiger charge is -2.22. The molecule has 3 aromatic carbocycles. The lowest BCUT2D eigenvalue weighted by molar-refractivity contribution is -0.117. The van der Waals surface area contributed by atoms with Gasteiger partial charge in [-0.15, -0.1) is 68.0 Å². The van der Waals surface area contributed by atoms with Crippen LogP contribution in [0.2, 0.25) is 0 Å². The standard InChI is InChI=1S/C21H23N3O4S2.C15H15NO3S2.C10H5BrS2/c1-22-17(21(27)23-5-10-28-2)12-15-13-19-20(29-15)16-4-3-14(11-18(16)30-19)24(6-8-25)7-9-26;17-5-3-16(4-6-18)10-1-2-12-13(7-10)21-14-8-11(9-19)20-15(12)14;11-6-1-2-8-7(5-6)10-9(13-8)3-4-12-10/h3-4,11-13,25-26H,5-10H2,2H3,(H,23,27);1-2,7-9,17-18H,3-6H2;1-5H/b17-12-;;. The molecule has 0 aliphatic carbocycles. The number of nitrogens with zero attached hydrogens (tertiary/aromatic N) is 3. The number of fused-ring (bicyclic) bond motifs is 9. The lowest BCUT2D eigenvalue weighted by atomic mass is 10.2. The van der Waals surface area contributed by atoms with Gasteiger partial charge in [0.05, 0.1) is 58.6 Å². The normalized spacial score (nSPS) is 11.5. The van der Waals surface area contributed by atoms with Crippen molar-refractivity contribution in [1.29, 1.82) is 0 Å². The van der Waals surface area contributed by atoms with E-state index in [4.69, 9.17) is 21.5 Å². The highest BCUT2D eigenvalue weighted by Crippen LogP contribution is 2.43. The van der Waals surface area contributed by atoms with Gasteiger partial charge in [0, 0.05) is 105 Å². The molecule has 0 saturated heterocycles. The van der Waals surface area contributed by atoms with Crippen LogP contribution in [-0.2, 0) is 9.53 Å². The molecule has 0 fully saturated rings. The molecule has 9 aromatic rings. The van der Waals surface area contributed by atoms with Crippen molar-refractivity contribution in [3.05, 3.63) is 110 Å². The van der Waals surface area contributed by atoms with Crippen LogP contribution in [0.25, 0.3) is 69.4 Å². The summed E-state index contributed by atoms with van der Waals surface area (Å²) in [5.74, 6) is -0.402. The Balaban J connectivity index is 0.000000155. The first-order valence-electron chi connectivity index (χ1n) is 19.9.